The second kappa shape index (κ2) is 7.17. The second-order valence-corrected chi connectivity index (χ2v) is 6.74. The summed E-state index contributed by atoms with van der Waals surface area (Å²) in [7, 11) is 0. The van der Waals surface area contributed by atoms with Crippen LogP contribution in [0.4, 0.5) is 5.69 Å². The Hall–Kier alpha value is -2.87. The lowest BCUT2D eigenvalue weighted by atomic mass is 10.2. The third kappa shape index (κ3) is 3.28. The van der Waals surface area contributed by atoms with Gasteiger partial charge in [0.15, 0.2) is 5.76 Å². The number of halogens is 1. The summed E-state index contributed by atoms with van der Waals surface area (Å²) in [6.45, 7) is 0. The Morgan fingerprint density at radius 2 is 1.77 bits per heavy atom. The molecule has 0 aliphatic carbocycles. The molecule has 0 atom stereocenters. The zero-order valence-electron chi connectivity index (χ0n) is 13.6. The number of nitrogens with one attached hydrogen (secondary N) is 1. The molecule has 1 N–H and O–H groups in total. The number of carbonyl (C=O) groups excluding carboxylic acids is 1. The van der Waals surface area contributed by atoms with Crippen molar-refractivity contribution in [1.29, 1.82) is 0 Å². The molecule has 0 spiro atoms. The van der Waals surface area contributed by atoms with E-state index in [1.54, 1.807) is 23.1 Å². The molecule has 0 bridgehead atoms. The SMILES string of the molecule is O=C(Nc1ccccc1I)c1cc(-c2ccco2)nn1-c1ccccc1. The summed E-state index contributed by atoms with van der Waals surface area (Å²) in [5.41, 5.74) is 2.60. The highest BCUT2D eigenvalue weighted by molar-refractivity contribution is 14.1. The minimum Gasteiger partial charge on any atom is -0.463 e. The van der Waals surface area contributed by atoms with Crippen molar-refractivity contribution in [2.45, 2.75) is 0 Å². The quantitative estimate of drug-likeness (QED) is 0.442. The largest absolute Gasteiger partial charge is 0.463 e. The van der Waals surface area contributed by atoms with Gasteiger partial charge in [-0.2, -0.15) is 5.10 Å². The van der Waals surface area contributed by atoms with E-state index in [-0.39, 0.29) is 5.91 Å². The van der Waals surface area contributed by atoms with Gasteiger partial charge in [-0.15, -0.1) is 0 Å². The number of nitrogens with zero attached hydrogens (tertiary/aromatic N) is 2. The zero-order chi connectivity index (χ0) is 17.9. The minimum absolute atomic E-state index is 0.233. The highest BCUT2D eigenvalue weighted by Crippen LogP contribution is 2.24. The summed E-state index contributed by atoms with van der Waals surface area (Å²) in [5.74, 6) is 0.381. The fourth-order valence-corrected chi connectivity index (χ4v) is 3.12. The van der Waals surface area contributed by atoms with Gasteiger partial charge in [-0.25, -0.2) is 4.68 Å². The molecular weight excluding hydrogens is 441 g/mol. The maximum Gasteiger partial charge on any atom is 0.274 e. The lowest BCUT2D eigenvalue weighted by molar-refractivity contribution is 0.101. The lowest BCUT2D eigenvalue weighted by Gasteiger charge is -2.09. The number of rotatable bonds is 4. The monoisotopic (exact) mass is 455 g/mol. The molecule has 5 nitrogen and oxygen atoms in total. The molecule has 0 saturated heterocycles. The van der Waals surface area contributed by atoms with Crippen molar-refractivity contribution in [3.63, 3.8) is 0 Å². The number of carbonyl (C=O) groups is 1. The van der Waals surface area contributed by atoms with E-state index in [1.165, 1.54) is 0 Å². The van der Waals surface area contributed by atoms with E-state index >= 15 is 0 Å². The first-order valence-corrected chi connectivity index (χ1v) is 9.05. The molecule has 0 radical (unpaired) electrons. The van der Waals surface area contributed by atoms with Crippen LogP contribution in [0.1, 0.15) is 10.5 Å². The maximum absolute atomic E-state index is 12.9. The summed E-state index contributed by atoms with van der Waals surface area (Å²) >= 11 is 2.19. The standard InChI is InChI=1S/C20H14IN3O2/c21-15-9-4-5-10-16(15)22-20(25)18-13-17(19-11-6-12-26-19)23-24(18)14-7-2-1-3-8-14/h1-13H,(H,22,25). The molecule has 0 aliphatic rings. The van der Waals surface area contributed by atoms with Crippen LogP contribution in [-0.2, 0) is 0 Å². The Labute approximate surface area is 163 Å². The van der Waals surface area contributed by atoms with Crippen LogP contribution in [0.3, 0.4) is 0 Å². The number of aromatic nitrogens is 2. The lowest BCUT2D eigenvalue weighted by Crippen LogP contribution is -2.17. The predicted molar refractivity (Wildman–Crippen MR) is 108 cm³/mol. The highest BCUT2D eigenvalue weighted by atomic mass is 127. The van der Waals surface area contributed by atoms with Gasteiger partial charge in [0, 0.05) is 9.64 Å². The Bertz CT molecular complexity index is 1040. The van der Waals surface area contributed by atoms with Gasteiger partial charge >= 0.3 is 0 Å². The van der Waals surface area contributed by atoms with E-state index in [4.69, 9.17) is 4.42 Å². The van der Waals surface area contributed by atoms with Crippen molar-refractivity contribution in [2.24, 2.45) is 0 Å². The van der Waals surface area contributed by atoms with Crippen LogP contribution in [0.25, 0.3) is 17.1 Å². The third-order valence-corrected chi connectivity index (χ3v) is 4.78. The van der Waals surface area contributed by atoms with E-state index in [0.717, 1.165) is 14.9 Å². The topological polar surface area (TPSA) is 60.1 Å². The number of furan rings is 1. The fraction of sp³-hybridized carbons (Fsp3) is 0. The van der Waals surface area contributed by atoms with Gasteiger partial charge in [-0.1, -0.05) is 30.3 Å². The van der Waals surface area contributed by atoms with Crippen LogP contribution < -0.4 is 5.32 Å². The van der Waals surface area contributed by atoms with Crippen molar-refractivity contribution in [2.75, 3.05) is 5.32 Å². The summed E-state index contributed by atoms with van der Waals surface area (Å²) < 4.78 is 8.03. The number of para-hydroxylation sites is 2. The van der Waals surface area contributed by atoms with Crippen molar-refractivity contribution >= 4 is 34.2 Å². The van der Waals surface area contributed by atoms with E-state index < -0.39 is 0 Å². The first-order chi connectivity index (χ1) is 12.7. The normalized spacial score (nSPS) is 10.7. The number of hydrogen-bond acceptors (Lipinski definition) is 3. The van der Waals surface area contributed by atoms with Crippen LogP contribution >= 0.6 is 22.6 Å². The summed E-state index contributed by atoms with van der Waals surface area (Å²) in [4.78, 5) is 12.9. The molecule has 1 amide bonds. The first kappa shape index (κ1) is 16.6. The molecule has 0 saturated carbocycles. The van der Waals surface area contributed by atoms with Gasteiger partial charge in [-0.3, -0.25) is 4.79 Å². The summed E-state index contributed by atoms with van der Waals surface area (Å²) in [6.07, 6.45) is 1.59. The van der Waals surface area contributed by atoms with Gasteiger partial charge in [-0.05, 0) is 59.0 Å². The van der Waals surface area contributed by atoms with E-state index in [2.05, 4.69) is 33.0 Å². The maximum atomic E-state index is 12.9. The van der Waals surface area contributed by atoms with Crippen molar-refractivity contribution in [3.8, 4) is 17.1 Å². The average molecular weight is 455 g/mol. The molecule has 2 aromatic heterocycles. The molecule has 6 heteroatoms. The van der Waals surface area contributed by atoms with Gasteiger partial charge in [0.2, 0.25) is 0 Å². The molecule has 2 heterocycles. The summed E-state index contributed by atoms with van der Waals surface area (Å²) in [5, 5.41) is 7.53. The third-order valence-electron chi connectivity index (χ3n) is 3.84. The molecule has 2 aromatic carbocycles. The van der Waals surface area contributed by atoms with Crippen LogP contribution in [0, 0.1) is 3.57 Å². The Morgan fingerprint density at radius 3 is 2.50 bits per heavy atom. The molecule has 0 aliphatic heterocycles. The molecule has 0 fully saturated rings. The van der Waals surface area contributed by atoms with Gasteiger partial charge in [0.25, 0.3) is 5.91 Å². The molecule has 0 unspecified atom stereocenters. The van der Waals surface area contributed by atoms with Gasteiger partial charge in [0.05, 0.1) is 17.6 Å². The van der Waals surface area contributed by atoms with E-state index in [0.29, 0.717) is 17.1 Å². The number of hydrogen-bond donors (Lipinski definition) is 1. The van der Waals surface area contributed by atoms with Crippen LogP contribution in [-0.4, -0.2) is 15.7 Å². The zero-order valence-corrected chi connectivity index (χ0v) is 15.8. The number of amides is 1. The average Bonchev–Trinajstić information content (AvgIpc) is 3.34. The van der Waals surface area contributed by atoms with Crippen LogP contribution in [0.2, 0.25) is 0 Å². The van der Waals surface area contributed by atoms with Crippen LogP contribution in [0.5, 0.6) is 0 Å². The van der Waals surface area contributed by atoms with E-state index in [1.807, 2.05) is 60.7 Å². The summed E-state index contributed by atoms with van der Waals surface area (Å²) in [6, 6.07) is 22.5. The Morgan fingerprint density at radius 1 is 1.00 bits per heavy atom. The van der Waals surface area contributed by atoms with Crippen molar-refractivity contribution in [1.82, 2.24) is 9.78 Å². The Kier molecular flexibility index (Phi) is 4.57. The molecule has 26 heavy (non-hydrogen) atoms. The molecule has 4 rings (SSSR count). The van der Waals surface area contributed by atoms with E-state index in [9.17, 15) is 4.79 Å². The number of benzene rings is 2. The molecule has 4 aromatic rings. The van der Waals surface area contributed by atoms with Crippen molar-refractivity contribution in [3.05, 3.63) is 88.3 Å². The number of anilines is 1. The second-order valence-electron chi connectivity index (χ2n) is 5.57. The Balaban J connectivity index is 1.76. The highest BCUT2D eigenvalue weighted by Gasteiger charge is 2.19. The molecular formula is C20H14IN3O2. The predicted octanol–water partition coefficient (Wildman–Crippen LogP) is 4.99. The van der Waals surface area contributed by atoms with Gasteiger partial charge in [0.1, 0.15) is 11.4 Å². The van der Waals surface area contributed by atoms with Crippen molar-refractivity contribution < 1.29 is 9.21 Å². The van der Waals surface area contributed by atoms with Crippen LogP contribution in [0.15, 0.2) is 83.5 Å². The minimum atomic E-state index is -0.233. The first-order valence-electron chi connectivity index (χ1n) is 7.97. The van der Waals surface area contributed by atoms with Gasteiger partial charge < -0.3 is 9.73 Å². The fourth-order valence-electron chi connectivity index (χ4n) is 2.60. The smallest absolute Gasteiger partial charge is 0.274 e. The molecule has 128 valence electrons.